The molecule has 1 spiro atoms. The third kappa shape index (κ3) is 1.68. The summed E-state index contributed by atoms with van der Waals surface area (Å²) < 4.78 is 0. The van der Waals surface area contributed by atoms with Crippen LogP contribution < -0.4 is 15.5 Å². The van der Waals surface area contributed by atoms with Gasteiger partial charge in [-0.05, 0) is 31.3 Å². The lowest BCUT2D eigenvalue weighted by Gasteiger charge is -2.49. The molecule has 96 valence electrons. The molecule has 2 aliphatic heterocycles. The average Bonchev–Trinajstić information content (AvgIpc) is 2.37. The molecular formula is C13H16ClN3O. The zero-order chi connectivity index (χ0) is 12.8. The highest BCUT2D eigenvalue weighted by molar-refractivity contribution is 6.31. The summed E-state index contributed by atoms with van der Waals surface area (Å²) in [4.78, 5) is 14.4. The fraction of sp³-hybridized carbons (Fsp3) is 0.462. The average molecular weight is 266 g/mol. The van der Waals surface area contributed by atoms with Crippen molar-refractivity contribution in [3.05, 3.63) is 28.8 Å². The van der Waals surface area contributed by atoms with Crippen molar-refractivity contribution in [3.8, 4) is 0 Å². The molecule has 0 unspecified atom stereocenters. The number of nitrogens with zero attached hydrogens (tertiary/aromatic N) is 1. The third-order valence-electron chi connectivity index (χ3n) is 3.98. The van der Waals surface area contributed by atoms with Gasteiger partial charge in [-0.3, -0.25) is 4.79 Å². The van der Waals surface area contributed by atoms with Crippen molar-refractivity contribution in [2.75, 3.05) is 25.0 Å². The molecule has 0 radical (unpaired) electrons. The van der Waals surface area contributed by atoms with Gasteiger partial charge in [0.1, 0.15) is 5.66 Å². The van der Waals surface area contributed by atoms with Crippen LogP contribution in [-0.4, -0.2) is 31.7 Å². The highest BCUT2D eigenvalue weighted by atomic mass is 35.5. The van der Waals surface area contributed by atoms with E-state index >= 15 is 0 Å². The molecular weight excluding hydrogens is 250 g/mol. The van der Waals surface area contributed by atoms with Gasteiger partial charge in [-0.25, -0.2) is 0 Å². The van der Waals surface area contributed by atoms with Crippen molar-refractivity contribution in [1.29, 1.82) is 0 Å². The molecule has 3 rings (SSSR count). The monoisotopic (exact) mass is 265 g/mol. The van der Waals surface area contributed by atoms with Gasteiger partial charge in [0.15, 0.2) is 0 Å². The van der Waals surface area contributed by atoms with Crippen LogP contribution in [0.15, 0.2) is 18.2 Å². The second-order valence-corrected chi connectivity index (χ2v) is 5.39. The summed E-state index contributed by atoms with van der Waals surface area (Å²) in [7, 11) is 2.04. The minimum absolute atomic E-state index is 0.0208. The van der Waals surface area contributed by atoms with Crippen LogP contribution in [0.4, 0.5) is 5.69 Å². The predicted molar refractivity (Wildman–Crippen MR) is 72.2 cm³/mol. The van der Waals surface area contributed by atoms with E-state index in [-0.39, 0.29) is 11.6 Å². The number of fused-ring (bicyclic) bond motifs is 1. The van der Waals surface area contributed by atoms with Gasteiger partial charge in [0.2, 0.25) is 0 Å². The largest absolute Gasteiger partial charge is 0.351 e. The van der Waals surface area contributed by atoms with Gasteiger partial charge in [-0.2, -0.15) is 0 Å². The Morgan fingerprint density at radius 1 is 1.33 bits per heavy atom. The van der Waals surface area contributed by atoms with E-state index in [9.17, 15) is 4.79 Å². The lowest BCUT2D eigenvalue weighted by atomic mass is 9.91. The highest BCUT2D eigenvalue weighted by Gasteiger charge is 2.42. The molecule has 1 aromatic carbocycles. The third-order valence-corrected chi connectivity index (χ3v) is 4.22. The molecule has 0 aromatic heterocycles. The molecule has 1 saturated heterocycles. The number of rotatable bonds is 0. The first kappa shape index (κ1) is 11.8. The summed E-state index contributed by atoms with van der Waals surface area (Å²) >= 11 is 5.96. The molecule has 2 aliphatic rings. The molecule has 1 amide bonds. The highest BCUT2D eigenvalue weighted by Crippen LogP contribution is 2.35. The first-order valence-electron chi connectivity index (χ1n) is 6.19. The molecule has 2 N–H and O–H groups in total. The van der Waals surface area contributed by atoms with Gasteiger partial charge in [0, 0.05) is 24.9 Å². The molecule has 2 heterocycles. The minimum atomic E-state index is -0.247. The van der Waals surface area contributed by atoms with Crippen LogP contribution in [0.25, 0.3) is 0 Å². The topological polar surface area (TPSA) is 44.4 Å². The smallest absolute Gasteiger partial charge is 0.255 e. The zero-order valence-electron chi connectivity index (χ0n) is 10.3. The van der Waals surface area contributed by atoms with Crippen molar-refractivity contribution in [2.45, 2.75) is 18.5 Å². The van der Waals surface area contributed by atoms with E-state index in [0.29, 0.717) is 10.6 Å². The zero-order valence-corrected chi connectivity index (χ0v) is 11.0. The molecule has 0 bridgehead atoms. The van der Waals surface area contributed by atoms with Gasteiger partial charge < -0.3 is 15.5 Å². The molecule has 0 aliphatic carbocycles. The van der Waals surface area contributed by atoms with Crippen LogP contribution in [0, 0.1) is 0 Å². The van der Waals surface area contributed by atoms with Gasteiger partial charge in [0.25, 0.3) is 5.91 Å². The van der Waals surface area contributed by atoms with Crippen molar-refractivity contribution >= 4 is 23.2 Å². The Morgan fingerprint density at radius 3 is 2.78 bits per heavy atom. The number of halogens is 1. The van der Waals surface area contributed by atoms with Gasteiger partial charge in [0.05, 0.1) is 11.3 Å². The van der Waals surface area contributed by atoms with Crippen LogP contribution in [0.1, 0.15) is 23.2 Å². The maximum atomic E-state index is 12.2. The Morgan fingerprint density at radius 2 is 2.06 bits per heavy atom. The molecule has 4 nitrogen and oxygen atoms in total. The number of carbonyl (C=O) groups is 1. The van der Waals surface area contributed by atoms with Crippen LogP contribution in [0.5, 0.6) is 0 Å². The van der Waals surface area contributed by atoms with E-state index in [0.717, 1.165) is 31.6 Å². The number of carbonyl (C=O) groups excluding carboxylic acids is 1. The second kappa shape index (κ2) is 4.14. The summed E-state index contributed by atoms with van der Waals surface area (Å²) in [5.74, 6) is -0.0208. The maximum Gasteiger partial charge on any atom is 0.255 e. The van der Waals surface area contributed by atoms with E-state index in [1.165, 1.54) is 0 Å². The number of amides is 1. The quantitative estimate of drug-likeness (QED) is 0.749. The molecule has 0 atom stereocenters. The summed E-state index contributed by atoms with van der Waals surface area (Å²) in [6.45, 7) is 1.85. The Bertz CT molecular complexity index is 497. The number of benzene rings is 1. The molecule has 18 heavy (non-hydrogen) atoms. The minimum Gasteiger partial charge on any atom is -0.351 e. The molecule has 1 fully saturated rings. The second-order valence-electron chi connectivity index (χ2n) is 4.96. The summed E-state index contributed by atoms with van der Waals surface area (Å²) in [5, 5.41) is 7.07. The van der Waals surface area contributed by atoms with Gasteiger partial charge >= 0.3 is 0 Å². The van der Waals surface area contributed by atoms with Gasteiger partial charge in [-0.1, -0.05) is 11.6 Å². The predicted octanol–water partition coefficient (Wildman–Crippen LogP) is 1.60. The van der Waals surface area contributed by atoms with Gasteiger partial charge in [-0.15, -0.1) is 0 Å². The number of hydrogen-bond acceptors (Lipinski definition) is 3. The van der Waals surface area contributed by atoms with E-state index in [1.54, 1.807) is 6.07 Å². The number of hydrogen-bond donors (Lipinski definition) is 2. The lowest BCUT2D eigenvalue weighted by molar-refractivity contribution is 0.0856. The number of piperidine rings is 1. The van der Waals surface area contributed by atoms with Crippen molar-refractivity contribution in [1.82, 2.24) is 10.6 Å². The van der Waals surface area contributed by atoms with E-state index < -0.39 is 0 Å². The van der Waals surface area contributed by atoms with E-state index in [1.807, 2.05) is 19.2 Å². The fourth-order valence-electron chi connectivity index (χ4n) is 2.88. The van der Waals surface area contributed by atoms with Crippen molar-refractivity contribution in [3.63, 3.8) is 0 Å². The lowest BCUT2D eigenvalue weighted by Crippen LogP contribution is -2.66. The van der Waals surface area contributed by atoms with E-state index in [4.69, 9.17) is 11.6 Å². The standard InChI is InChI=1S/C13H16ClN3O/c1-17-11-3-2-9(14)8-10(11)12(18)16-13(17)4-6-15-7-5-13/h2-3,8,15H,4-7H2,1H3,(H,16,18). The Hall–Kier alpha value is -1.26. The van der Waals surface area contributed by atoms with Crippen LogP contribution >= 0.6 is 11.6 Å². The maximum absolute atomic E-state index is 12.2. The summed E-state index contributed by atoms with van der Waals surface area (Å²) in [6, 6.07) is 5.50. The Balaban J connectivity index is 2.06. The van der Waals surface area contributed by atoms with Crippen LogP contribution in [0.3, 0.4) is 0 Å². The van der Waals surface area contributed by atoms with Crippen LogP contribution in [0.2, 0.25) is 5.02 Å². The van der Waals surface area contributed by atoms with Crippen molar-refractivity contribution < 1.29 is 4.79 Å². The van der Waals surface area contributed by atoms with Crippen LogP contribution in [-0.2, 0) is 0 Å². The Kier molecular flexibility index (Phi) is 2.72. The Labute approximate surface area is 111 Å². The number of nitrogens with one attached hydrogen (secondary N) is 2. The SMILES string of the molecule is CN1c2ccc(Cl)cc2C(=O)NC12CCNCC2. The molecule has 0 saturated carbocycles. The first-order valence-corrected chi connectivity index (χ1v) is 6.57. The molecule has 1 aromatic rings. The van der Waals surface area contributed by atoms with Crippen molar-refractivity contribution in [2.24, 2.45) is 0 Å². The van der Waals surface area contributed by atoms with E-state index in [2.05, 4.69) is 15.5 Å². The summed E-state index contributed by atoms with van der Waals surface area (Å²) in [5.41, 5.74) is 1.38. The summed E-state index contributed by atoms with van der Waals surface area (Å²) in [6.07, 6.45) is 1.83. The molecule has 5 heteroatoms. The normalized spacial score (nSPS) is 21.7. The number of anilines is 1. The first-order chi connectivity index (χ1) is 8.62. The fourth-order valence-corrected chi connectivity index (χ4v) is 3.05.